The number of ether oxygens (including phenoxy) is 1. The normalized spacial score (nSPS) is 18.5. The summed E-state index contributed by atoms with van der Waals surface area (Å²) >= 11 is 0. The second-order valence-corrected chi connectivity index (χ2v) is 8.18. The fraction of sp³-hybridized carbons (Fsp3) is 0.409. The van der Waals surface area contributed by atoms with Crippen LogP contribution in [0.15, 0.2) is 54.6 Å². The predicted molar refractivity (Wildman–Crippen MR) is 110 cm³/mol. The predicted octanol–water partition coefficient (Wildman–Crippen LogP) is 3.97. The quantitative estimate of drug-likeness (QED) is 0.797. The number of hydrogen-bond donors (Lipinski definition) is 1. The second kappa shape index (κ2) is 7.98. The summed E-state index contributed by atoms with van der Waals surface area (Å²) in [6.07, 6.45) is -0.439. The summed E-state index contributed by atoms with van der Waals surface area (Å²) in [6, 6.07) is 17.3. The number of rotatable bonds is 5. The average molecular weight is 381 g/mol. The van der Waals surface area contributed by atoms with E-state index in [2.05, 4.69) is 5.32 Å². The van der Waals surface area contributed by atoms with Gasteiger partial charge in [0.25, 0.3) is 0 Å². The van der Waals surface area contributed by atoms with Crippen LogP contribution in [0.2, 0.25) is 0 Å². The summed E-state index contributed by atoms with van der Waals surface area (Å²) in [5, 5.41) is 2.86. The minimum atomic E-state index is -0.439. The molecule has 0 spiro atoms. The lowest BCUT2D eigenvalue weighted by Crippen LogP contribution is -2.41. The summed E-state index contributed by atoms with van der Waals surface area (Å²) in [5.41, 5.74) is 2.16. The van der Waals surface area contributed by atoms with Crippen LogP contribution in [0.4, 0.5) is 4.79 Å². The van der Waals surface area contributed by atoms with Crippen molar-refractivity contribution in [1.29, 1.82) is 0 Å². The molecule has 2 aromatic rings. The molecule has 1 saturated heterocycles. The summed E-state index contributed by atoms with van der Waals surface area (Å²) in [7, 11) is -0.391. The first kappa shape index (κ1) is 20.4. The number of hydrogen-bond acceptors (Lipinski definition) is 4. The number of carbonyl (C=O) groups is 1. The van der Waals surface area contributed by atoms with Gasteiger partial charge in [0.15, 0.2) is 0 Å². The van der Waals surface area contributed by atoms with Crippen molar-refractivity contribution in [3.05, 3.63) is 65.7 Å². The van der Waals surface area contributed by atoms with Crippen LogP contribution in [-0.2, 0) is 20.7 Å². The maximum atomic E-state index is 12.0. The Morgan fingerprint density at radius 2 is 1.57 bits per heavy atom. The van der Waals surface area contributed by atoms with E-state index in [0.29, 0.717) is 0 Å². The first-order chi connectivity index (χ1) is 13.2. The van der Waals surface area contributed by atoms with Crippen LogP contribution in [0.1, 0.15) is 51.8 Å². The molecule has 1 heterocycles. The number of alkyl carbamates (subject to hydrolysis) is 1. The minimum Gasteiger partial charge on any atom is -0.445 e. The van der Waals surface area contributed by atoms with Crippen LogP contribution in [-0.4, -0.2) is 24.4 Å². The first-order valence-corrected chi connectivity index (χ1v) is 9.61. The van der Waals surface area contributed by atoms with Gasteiger partial charge in [0.1, 0.15) is 6.61 Å². The molecule has 0 aromatic heterocycles. The maximum Gasteiger partial charge on any atom is 0.494 e. The molecule has 1 fully saturated rings. The van der Waals surface area contributed by atoms with Crippen LogP contribution in [0.5, 0.6) is 0 Å². The Bertz CT molecular complexity index is 789. The zero-order valence-electron chi connectivity index (χ0n) is 17.2. The number of benzene rings is 2. The van der Waals surface area contributed by atoms with E-state index in [9.17, 15) is 4.79 Å². The van der Waals surface area contributed by atoms with Gasteiger partial charge in [-0.2, -0.15) is 0 Å². The lowest BCUT2D eigenvalue weighted by atomic mass is 9.78. The van der Waals surface area contributed by atoms with E-state index in [4.69, 9.17) is 14.0 Å². The molecule has 1 atom stereocenters. The number of nitrogens with one attached hydrogen (secondary N) is 1. The third-order valence-electron chi connectivity index (χ3n) is 5.51. The van der Waals surface area contributed by atoms with Gasteiger partial charge in [-0.1, -0.05) is 54.6 Å². The van der Waals surface area contributed by atoms with Gasteiger partial charge in [0, 0.05) is 0 Å². The summed E-state index contributed by atoms with van der Waals surface area (Å²) in [4.78, 5) is 12.0. The van der Waals surface area contributed by atoms with Gasteiger partial charge < -0.3 is 19.4 Å². The first-order valence-electron chi connectivity index (χ1n) is 9.61. The molecule has 1 aliphatic rings. The molecule has 1 unspecified atom stereocenters. The zero-order chi connectivity index (χ0) is 20.4. The summed E-state index contributed by atoms with van der Waals surface area (Å²) in [6.45, 7) is 10.3. The van der Waals surface area contributed by atoms with Crippen molar-refractivity contribution in [3.63, 3.8) is 0 Å². The van der Waals surface area contributed by atoms with Crippen molar-refractivity contribution in [1.82, 2.24) is 5.32 Å². The molecule has 1 aliphatic heterocycles. The Morgan fingerprint density at radius 1 is 1.00 bits per heavy atom. The molecule has 0 aliphatic carbocycles. The standard InChI is InChI=1S/C22H28BNO4/c1-16(24-20(25)26-15-17-9-7-6-8-10-17)18-11-13-19(14-12-18)23-27-21(2,3)22(4,5)28-23/h6-14,16H,15H2,1-5H3,(H,24,25). The van der Waals surface area contributed by atoms with E-state index >= 15 is 0 Å². The molecule has 6 heteroatoms. The van der Waals surface area contributed by atoms with Crippen LogP contribution < -0.4 is 10.8 Å². The van der Waals surface area contributed by atoms with Crippen molar-refractivity contribution in [2.45, 2.75) is 58.5 Å². The monoisotopic (exact) mass is 381 g/mol. The highest BCUT2D eigenvalue weighted by Gasteiger charge is 2.51. The van der Waals surface area contributed by atoms with Gasteiger partial charge in [-0.25, -0.2) is 4.79 Å². The van der Waals surface area contributed by atoms with Crippen LogP contribution in [0, 0.1) is 0 Å². The summed E-state index contributed by atoms with van der Waals surface area (Å²) < 4.78 is 17.4. The van der Waals surface area contributed by atoms with E-state index in [1.165, 1.54) is 0 Å². The fourth-order valence-corrected chi connectivity index (χ4v) is 2.95. The van der Waals surface area contributed by atoms with Gasteiger partial charge >= 0.3 is 13.2 Å². The highest BCUT2D eigenvalue weighted by Crippen LogP contribution is 2.36. The Morgan fingerprint density at radius 3 is 2.14 bits per heavy atom. The molecular weight excluding hydrogens is 353 g/mol. The lowest BCUT2D eigenvalue weighted by Gasteiger charge is -2.32. The highest BCUT2D eigenvalue weighted by atomic mass is 16.7. The van der Waals surface area contributed by atoms with E-state index in [1.54, 1.807) is 0 Å². The van der Waals surface area contributed by atoms with Crippen LogP contribution in [0.3, 0.4) is 0 Å². The fourth-order valence-electron chi connectivity index (χ4n) is 2.95. The van der Waals surface area contributed by atoms with E-state index < -0.39 is 13.2 Å². The molecule has 3 rings (SSSR count). The summed E-state index contributed by atoms with van der Waals surface area (Å²) in [5.74, 6) is 0. The molecule has 1 N–H and O–H groups in total. The topological polar surface area (TPSA) is 56.8 Å². The van der Waals surface area contributed by atoms with Crippen molar-refractivity contribution >= 4 is 18.7 Å². The lowest BCUT2D eigenvalue weighted by molar-refractivity contribution is 0.00578. The second-order valence-electron chi connectivity index (χ2n) is 8.18. The van der Waals surface area contributed by atoms with Gasteiger partial charge in [-0.05, 0) is 51.2 Å². The zero-order valence-corrected chi connectivity index (χ0v) is 17.2. The van der Waals surface area contributed by atoms with Gasteiger partial charge in [-0.3, -0.25) is 0 Å². The van der Waals surface area contributed by atoms with Gasteiger partial charge in [-0.15, -0.1) is 0 Å². The van der Waals surface area contributed by atoms with Gasteiger partial charge in [0.2, 0.25) is 0 Å². The highest BCUT2D eigenvalue weighted by molar-refractivity contribution is 6.62. The molecule has 148 valence electrons. The van der Waals surface area contributed by atoms with Crippen LogP contribution in [0.25, 0.3) is 0 Å². The van der Waals surface area contributed by atoms with E-state index in [0.717, 1.165) is 16.6 Å². The molecular formula is C22H28BNO4. The Labute approximate surface area is 167 Å². The third-order valence-corrected chi connectivity index (χ3v) is 5.51. The Hall–Kier alpha value is -2.31. The molecule has 2 aromatic carbocycles. The van der Waals surface area contributed by atoms with Crippen molar-refractivity contribution in [3.8, 4) is 0 Å². The number of amides is 1. The Balaban J connectivity index is 1.55. The van der Waals surface area contributed by atoms with Crippen molar-refractivity contribution < 1.29 is 18.8 Å². The van der Waals surface area contributed by atoms with Crippen molar-refractivity contribution in [2.75, 3.05) is 0 Å². The maximum absolute atomic E-state index is 12.0. The SMILES string of the molecule is CC(NC(=O)OCc1ccccc1)c1ccc(B2OC(C)(C)C(C)(C)O2)cc1. The molecule has 0 bridgehead atoms. The molecule has 0 saturated carbocycles. The van der Waals surface area contributed by atoms with Gasteiger partial charge in [0.05, 0.1) is 17.2 Å². The third kappa shape index (κ3) is 4.57. The van der Waals surface area contributed by atoms with E-state index in [1.807, 2.05) is 89.2 Å². The molecule has 1 amide bonds. The largest absolute Gasteiger partial charge is 0.494 e. The molecule has 0 radical (unpaired) electrons. The average Bonchev–Trinajstić information content (AvgIpc) is 2.88. The Kier molecular flexibility index (Phi) is 5.82. The smallest absolute Gasteiger partial charge is 0.445 e. The number of carbonyl (C=O) groups excluding carboxylic acids is 1. The molecule has 5 nitrogen and oxygen atoms in total. The van der Waals surface area contributed by atoms with Crippen LogP contribution >= 0.6 is 0 Å². The minimum absolute atomic E-state index is 0.171. The van der Waals surface area contributed by atoms with Crippen molar-refractivity contribution in [2.24, 2.45) is 0 Å². The molecule has 28 heavy (non-hydrogen) atoms. The van der Waals surface area contributed by atoms with E-state index in [-0.39, 0.29) is 23.9 Å².